The van der Waals surface area contributed by atoms with Crippen molar-refractivity contribution in [2.24, 2.45) is 0 Å². The highest BCUT2D eigenvalue weighted by Crippen LogP contribution is 2.18. The summed E-state index contributed by atoms with van der Waals surface area (Å²) in [6, 6.07) is 6.18. The van der Waals surface area contributed by atoms with Crippen molar-refractivity contribution >= 4 is 11.9 Å². The number of carbonyl (C=O) groups is 1. The molecule has 31 heavy (non-hydrogen) atoms. The summed E-state index contributed by atoms with van der Waals surface area (Å²) in [6.45, 7) is 4.77. The number of rotatable bonds is 8. The molecule has 0 radical (unpaired) electrons. The van der Waals surface area contributed by atoms with E-state index >= 15 is 0 Å². The molecule has 0 spiro atoms. The summed E-state index contributed by atoms with van der Waals surface area (Å²) in [7, 11) is 3.82. The number of H-pyrrole nitrogens is 1. The first kappa shape index (κ1) is 22.9. The van der Waals surface area contributed by atoms with E-state index in [1.807, 2.05) is 23.9 Å². The fourth-order valence-electron chi connectivity index (χ4n) is 3.64. The molecule has 1 saturated heterocycles. The van der Waals surface area contributed by atoms with Gasteiger partial charge in [0.25, 0.3) is 5.56 Å². The number of hydrogen-bond donors (Lipinski definition) is 2. The molecule has 1 fully saturated rings. The molecule has 2 heterocycles. The minimum absolute atomic E-state index is 0.0795. The lowest BCUT2D eigenvalue weighted by Gasteiger charge is -2.27. The van der Waals surface area contributed by atoms with E-state index in [1.54, 1.807) is 19.1 Å². The zero-order valence-corrected chi connectivity index (χ0v) is 18.3. The smallest absolute Gasteiger partial charge is 0.255 e. The van der Waals surface area contributed by atoms with Gasteiger partial charge in [0, 0.05) is 37.3 Å². The summed E-state index contributed by atoms with van der Waals surface area (Å²) in [4.78, 5) is 36.3. The Morgan fingerprint density at radius 1 is 1.29 bits per heavy atom. The highest BCUT2D eigenvalue weighted by Gasteiger charge is 2.18. The molecule has 1 amide bonds. The number of likely N-dealkylation sites (N-methyl/N-ethyl adjacent to an activating group) is 1. The van der Waals surface area contributed by atoms with Crippen LogP contribution >= 0.6 is 0 Å². The maximum absolute atomic E-state index is 13.2. The largest absolute Gasteiger partial charge is 0.378 e. The van der Waals surface area contributed by atoms with E-state index in [1.165, 1.54) is 12.1 Å². The maximum atomic E-state index is 13.2. The highest BCUT2D eigenvalue weighted by atomic mass is 19.1. The van der Waals surface area contributed by atoms with Crippen LogP contribution in [0, 0.1) is 12.7 Å². The summed E-state index contributed by atoms with van der Waals surface area (Å²) in [5, 5.41) is 2.92. The van der Waals surface area contributed by atoms with Gasteiger partial charge in [0.1, 0.15) is 5.82 Å². The van der Waals surface area contributed by atoms with E-state index in [0.29, 0.717) is 56.5 Å². The van der Waals surface area contributed by atoms with Crippen LogP contribution in [0.1, 0.15) is 29.3 Å². The second-order valence-electron chi connectivity index (χ2n) is 7.89. The van der Waals surface area contributed by atoms with Gasteiger partial charge >= 0.3 is 0 Å². The summed E-state index contributed by atoms with van der Waals surface area (Å²) in [5.74, 6) is 0.108. The number of amides is 1. The molecule has 1 aliphatic rings. The van der Waals surface area contributed by atoms with E-state index in [4.69, 9.17) is 4.74 Å². The zero-order chi connectivity index (χ0) is 22.4. The number of nitrogens with one attached hydrogen (secondary N) is 2. The van der Waals surface area contributed by atoms with E-state index in [0.717, 1.165) is 5.56 Å². The Hall–Kier alpha value is -2.78. The first-order chi connectivity index (χ1) is 14.8. The van der Waals surface area contributed by atoms with Crippen molar-refractivity contribution in [2.75, 3.05) is 51.8 Å². The van der Waals surface area contributed by atoms with Crippen LogP contribution in [0.15, 0.2) is 29.1 Å². The number of aromatic amines is 1. The summed E-state index contributed by atoms with van der Waals surface area (Å²) in [5.41, 5.74) is 1.87. The van der Waals surface area contributed by atoms with Crippen LogP contribution in [-0.2, 0) is 16.0 Å². The third-order valence-corrected chi connectivity index (χ3v) is 5.49. The predicted molar refractivity (Wildman–Crippen MR) is 117 cm³/mol. The van der Waals surface area contributed by atoms with Crippen molar-refractivity contribution < 1.29 is 13.9 Å². The number of hydrogen-bond acceptors (Lipinski definition) is 6. The summed E-state index contributed by atoms with van der Waals surface area (Å²) < 4.78 is 18.5. The monoisotopic (exact) mass is 431 g/mol. The van der Waals surface area contributed by atoms with Crippen LogP contribution in [-0.4, -0.2) is 67.7 Å². The van der Waals surface area contributed by atoms with E-state index < -0.39 is 0 Å². The molecular formula is C22H30FN5O3. The fourth-order valence-corrected chi connectivity index (χ4v) is 3.64. The lowest BCUT2D eigenvalue weighted by molar-refractivity contribution is -0.121. The average molecular weight is 432 g/mol. The first-order valence-electron chi connectivity index (χ1n) is 10.5. The SMILES string of the molecule is Cc1nc(N2CCOCC2)[nH]c(=O)c1CCC(=O)NCC(c1ccc(F)cc1)N(C)C. The molecule has 9 heteroatoms. The minimum Gasteiger partial charge on any atom is -0.378 e. The van der Waals surface area contributed by atoms with Gasteiger partial charge in [-0.1, -0.05) is 12.1 Å². The molecule has 0 bridgehead atoms. The molecule has 1 aliphatic heterocycles. The third kappa shape index (κ3) is 6.11. The Bertz CT molecular complexity index is 939. The number of halogens is 1. The van der Waals surface area contributed by atoms with E-state index in [-0.39, 0.29) is 29.7 Å². The molecule has 8 nitrogen and oxygen atoms in total. The number of carbonyl (C=O) groups excluding carboxylic acids is 1. The number of anilines is 1. The molecule has 2 aromatic rings. The van der Waals surface area contributed by atoms with Crippen molar-refractivity contribution in [3.8, 4) is 0 Å². The van der Waals surface area contributed by atoms with Gasteiger partial charge in [0.15, 0.2) is 0 Å². The van der Waals surface area contributed by atoms with Crippen LogP contribution in [0.5, 0.6) is 0 Å². The van der Waals surface area contributed by atoms with Crippen LogP contribution in [0.25, 0.3) is 0 Å². The summed E-state index contributed by atoms with van der Waals surface area (Å²) >= 11 is 0. The average Bonchev–Trinajstić information content (AvgIpc) is 2.75. The zero-order valence-electron chi connectivity index (χ0n) is 18.3. The Morgan fingerprint density at radius 3 is 2.58 bits per heavy atom. The molecule has 1 aromatic carbocycles. The highest BCUT2D eigenvalue weighted by molar-refractivity contribution is 5.76. The summed E-state index contributed by atoms with van der Waals surface area (Å²) in [6.07, 6.45) is 0.499. The molecule has 1 aromatic heterocycles. The number of morpholine rings is 1. The topological polar surface area (TPSA) is 90.6 Å². The molecule has 168 valence electrons. The fraction of sp³-hybridized carbons (Fsp3) is 0.500. The van der Waals surface area contributed by atoms with Gasteiger partial charge < -0.3 is 19.9 Å². The number of ether oxygens (including phenoxy) is 1. The molecule has 0 aliphatic carbocycles. The normalized spacial score (nSPS) is 15.2. The molecule has 2 N–H and O–H groups in total. The number of aryl methyl sites for hydroxylation is 1. The van der Waals surface area contributed by atoms with Crippen molar-refractivity contribution in [1.82, 2.24) is 20.2 Å². The predicted octanol–water partition coefficient (Wildman–Crippen LogP) is 1.41. The van der Waals surface area contributed by atoms with Crippen LogP contribution < -0.4 is 15.8 Å². The molecule has 0 saturated carbocycles. The quantitative estimate of drug-likeness (QED) is 0.657. The van der Waals surface area contributed by atoms with Gasteiger partial charge in [-0.3, -0.25) is 14.6 Å². The Balaban J connectivity index is 1.57. The second kappa shape index (κ2) is 10.5. The van der Waals surface area contributed by atoms with Gasteiger partial charge in [-0.05, 0) is 45.1 Å². The van der Waals surface area contributed by atoms with E-state index in [2.05, 4.69) is 15.3 Å². The molecule has 3 rings (SSSR count). The lowest BCUT2D eigenvalue weighted by atomic mass is 10.1. The number of benzene rings is 1. The number of nitrogens with zero attached hydrogens (tertiary/aromatic N) is 3. The van der Waals surface area contributed by atoms with Gasteiger partial charge in [-0.25, -0.2) is 9.37 Å². The van der Waals surface area contributed by atoms with Crippen LogP contribution in [0.4, 0.5) is 10.3 Å². The van der Waals surface area contributed by atoms with Gasteiger partial charge in [0.2, 0.25) is 11.9 Å². The molecule has 1 atom stereocenters. The van der Waals surface area contributed by atoms with Crippen LogP contribution in [0.3, 0.4) is 0 Å². The molecule has 1 unspecified atom stereocenters. The second-order valence-corrected chi connectivity index (χ2v) is 7.89. The van der Waals surface area contributed by atoms with E-state index in [9.17, 15) is 14.0 Å². The Morgan fingerprint density at radius 2 is 1.97 bits per heavy atom. The lowest BCUT2D eigenvalue weighted by Crippen LogP contribution is -2.39. The standard InChI is InChI=1S/C22H30FN5O3/c1-15-18(21(30)26-22(25-15)28-10-12-31-13-11-28)8-9-20(29)24-14-19(27(2)3)16-4-6-17(23)7-5-16/h4-7,19H,8-14H2,1-3H3,(H,24,29)(H,25,26,30). The van der Waals surface area contributed by atoms with Gasteiger partial charge in [0.05, 0.1) is 19.3 Å². The molecular weight excluding hydrogens is 401 g/mol. The third-order valence-electron chi connectivity index (χ3n) is 5.49. The minimum atomic E-state index is -0.292. The van der Waals surface area contributed by atoms with Crippen molar-refractivity contribution in [3.63, 3.8) is 0 Å². The van der Waals surface area contributed by atoms with Crippen molar-refractivity contribution in [2.45, 2.75) is 25.8 Å². The van der Waals surface area contributed by atoms with Gasteiger partial charge in [-0.15, -0.1) is 0 Å². The Labute approximate surface area is 181 Å². The van der Waals surface area contributed by atoms with Crippen LogP contribution in [0.2, 0.25) is 0 Å². The Kier molecular flexibility index (Phi) is 7.75. The first-order valence-corrected chi connectivity index (χ1v) is 10.5. The maximum Gasteiger partial charge on any atom is 0.255 e. The van der Waals surface area contributed by atoms with Crippen molar-refractivity contribution in [3.05, 3.63) is 57.3 Å². The van der Waals surface area contributed by atoms with Gasteiger partial charge in [-0.2, -0.15) is 0 Å². The van der Waals surface area contributed by atoms with Crippen molar-refractivity contribution in [1.29, 1.82) is 0 Å². The number of aromatic nitrogens is 2.